The number of hydrogen-bond donors (Lipinski definition) is 1. The molecule has 2 heteroatoms. The largest absolute Gasteiger partial charge is 0.384 e. The van der Waals surface area contributed by atoms with Gasteiger partial charge in [-0.3, -0.25) is 4.79 Å². The standard InChI is InChI=1S/C13H15NO/c1-9(2)7-13(15)11-8-14-12-6-4-3-5-10(11)12/h3-7,11,14H,8H2,1-2H3. The number of ketones is 1. The average molecular weight is 201 g/mol. The van der Waals surface area contributed by atoms with Crippen molar-refractivity contribution >= 4 is 11.5 Å². The maximum absolute atomic E-state index is 11.9. The summed E-state index contributed by atoms with van der Waals surface area (Å²) in [5.41, 5.74) is 3.28. The van der Waals surface area contributed by atoms with E-state index in [4.69, 9.17) is 0 Å². The smallest absolute Gasteiger partial charge is 0.164 e. The Hall–Kier alpha value is -1.57. The number of allylic oxidation sites excluding steroid dienone is 2. The predicted octanol–water partition coefficient (Wildman–Crippen LogP) is 2.73. The zero-order chi connectivity index (χ0) is 10.8. The second-order valence-corrected chi connectivity index (χ2v) is 4.14. The van der Waals surface area contributed by atoms with Gasteiger partial charge in [-0.15, -0.1) is 0 Å². The summed E-state index contributed by atoms with van der Waals surface area (Å²) in [6, 6.07) is 8.01. The zero-order valence-corrected chi connectivity index (χ0v) is 9.08. The number of rotatable bonds is 2. The number of carbonyl (C=O) groups is 1. The first-order valence-electron chi connectivity index (χ1n) is 5.20. The van der Waals surface area contributed by atoms with Crippen LogP contribution in [-0.4, -0.2) is 12.3 Å². The van der Waals surface area contributed by atoms with Crippen molar-refractivity contribution in [1.29, 1.82) is 0 Å². The Balaban J connectivity index is 2.28. The number of benzene rings is 1. The minimum Gasteiger partial charge on any atom is -0.384 e. The summed E-state index contributed by atoms with van der Waals surface area (Å²) < 4.78 is 0. The fourth-order valence-electron chi connectivity index (χ4n) is 1.92. The Kier molecular flexibility index (Phi) is 2.58. The lowest BCUT2D eigenvalue weighted by Crippen LogP contribution is -2.12. The van der Waals surface area contributed by atoms with Crippen LogP contribution in [0.3, 0.4) is 0 Å². The lowest BCUT2D eigenvalue weighted by atomic mass is 9.96. The van der Waals surface area contributed by atoms with Crippen LogP contribution in [0.15, 0.2) is 35.9 Å². The van der Waals surface area contributed by atoms with Crippen LogP contribution < -0.4 is 5.32 Å². The van der Waals surface area contributed by atoms with Gasteiger partial charge in [-0.2, -0.15) is 0 Å². The van der Waals surface area contributed by atoms with E-state index in [-0.39, 0.29) is 11.7 Å². The molecule has 1 aliphatic rings. The molecule has 2 rings (SSSR count). The molecule has 0 spiro atoms. The summed E-state index contributed by atoms with van der Waals surface area (Å²) in [6.07, 6.45) is 1.73. The van der Waals surface area contributed by atoms with Crippen molar-refractivity contribution in [1.82, 2.24) is 0 Å². The van der Waals surface area contributed by atoms with Crippen molar-refractivity contribution in [2.24, 2.45) is 0 Å². The zero-order valence-electron chi connectivity index (χ0n) is 9.08. The Labute approximate surface area is 90.0 Å². The second-order valence-electron chi connectivity index (χ2n) is 4.14. The Morgan fingerprint density at radius 1 is 1.40 bits per heavy atom. The quantitative estimate of drug-likeness (QED) is 0.745. The van der Waals surface area contributed by atoms with Crippen molar-refractivity contribution in [2.45, 2.75) is 19.8 Å². The van der Waals surface area contributed by atoms with Gasteiger partial charge in [-0.05, 0) is 31.6 Å². The molecule has 0 aromatic heterocycles. The maximum atomic E-state index is 11.9. The van der Waals surface area contributed by atoms with Crippen LogP contribution in [0.2, 0.25) is 0 Å². The van der Waals surface area contributed by atoms with Gasteiger partial charge in [0.25, 0.3) is 0 Å². The third-order valence-electron chi connectivity index (χ3n) is 2.61. The van der Waals surface area contributed by atoms with E-state index in [1.54, 1.807) is 6.08 Å². The molecule has 1 aliphatic heterocycles. The van der Waals surface area contributed by atoms with Crippen LogP contribution in [0.1, 0.15) is 25.3 Å². The van der Waals surface area contributed by atoms with E-state index in [1.165, 1.54) is 0 Å². The number of anilines is 1. The molecule has 78 valence electrons. The highest BCUT2D eigenvalue weighted by molar-refractivity contribution is 5.98. The third-order valence-corrected chi connectivity index (χ3v) is 2.61. The molecule has 0 amide bonds. The molecule has 1 aromatic rings. The lowest BCUT2D eigenvalue weighted by Gasteiger charge is -2.05. The van der Waals surface area contributed by atoms with Crippen molar-refractivity contribution < 1.29 is 4.79 Å². The number of hydrogen-bond acceptors (Lipinski definition) is 2. The Morgan fingerprint density at radius 3 is 2.87 bits per heavy atom. The van der Waals surface area contributed by atoms with Gasteiger partial charge in [0.1, 0.15) is 0 Å². The Bertz CT molecular complexity index is 416. The monoisotopic (exact) mass is 201 g/mol. The summed E-state index contributed by atoms with van der Waals surface area (Å²) in [6.45, 7) is 4.63. The minimum atomic E-state index is -0.00361. The molecule has 1 aromatic carbocycles. The Morgan fingerprint density at radius 2 is 2.13 bits per heavy atom. The molecule has 1 atom stereocenters. The fourth-order valence-corrected chi connectivity index (χ4v) is 1.92. The van der Waals surface area contributed by atoms with E-state index < -0.39 is 0 Å². The first kappa shape index (κ1) is 9.97. The molecule has 1 unspecified atom stereocenters. The molecule has 0 saturated carbocycles. The van der Waals surface area contributed by atoms with Crippen LogP contribution in [0, 0.1) is 0 Å². The van der Waals surface area contributed by atoms with Gasteiger partial charge >= 0.3 is 0 Å². The molecule has 0 radical (unpaired) electrons. The molecular weight excluding hydrogens is 186 g/mol. The predicted molar refractivity (Wildman–Crippen MR) is 62.1 cm³/mol. The van der Waals surface area contributed by atoms with Gasteiger partial charge in [0.2, 0.25) is 0 Å². The van der Waals surface area contributed by atoms with Gasteiger partial charge in [0.15, 0.2) is 5.78 Å². The van der Waals surface area contributed by atoms with Crippen LogP contribution in [-0.2, 0) is 4.79 Å². The fraction of sp³-hybridized carbons (Fsp3) is 0.308. The summed E-state index contributed by atoms with van der Waals surface area (Å²) in [4.78, 5) is 11.9. The minimum absolute atomic E-state index is 0.00361. The van der Waals surface area contributed by atoms with Gasteiger partial charge in [0, 0.05) is 12.2 Å². The topological polar surface area (TPSA) is 29.1 Å². The first-order chi connectivity index (χ1) is 7.18. The van der Waals surface area contributed by atoms with Crippen molar-refractivity contribution in [2.75, 3.05) is 11.9 Å². The molecule has 1 N–H and O–H groups in total. The summed E-state index contributed by atoms with van der Waals surface area (Å²) in [7, 11) is 0. The van der Waals surface area contributed by atoms with Gasteiger partial charge in [-0.1, -0.05) is 23.8 Å². The number of carbonyl (C=O) groups excluding carboxylic acids is 1. The highest BCUT2D eigenvalue weighted by Gasteiger charge is 2.26. The van der Waals surface area contributed by atoms with E-state index >= 15 is 0 Å². The van der Waals surface area contributed by atoms with Crippen molar-refractivity contribution in [3.8, 4) is 0 Å². The molecule has 15 heavy (non-hydrogen) atoms. The van der Waals surface area contributed by atoms with E-state index in [0.717, 1.165) is 23.4 Å². The molecule has 0 aliphatic carbocycles. The second kappa shape index (κ2) is 3.89. The summed E-state index contributed by atoms with van der Waals surface area (Å²) in [5, 5.41) is 3.25. The normalized spacial score (nSPS) is 17.9. The summed E-state index contributed by atoms with van der Waals surface area (Å²) in [5.74, 6) is 0.198. The van der Waals surface area contributed by atoms with Gasteiger partial charge < -0.3 is 5.32 Å². The lowest BCUT2D eigenvalue weighted by molar-refractivity contribution is -0.115. The molecule has 0 saturated heterocycles. The molecular formula is C13H15NO. The molecule has 2 nitrogen and oxygen atoms in total. The van der Waals surface area contributed by atoms with Crippen molar-refractivity contribution in [3.63, 3.8) is 0 Å². The van der Waals surface area contributed by atoms with E-state index in [1.807, 2.05) is 38.1 Å². The van der Waals surface area contributed by atoms with E-state index in [2.05, 4.69) is 5.32 Å². The molecule has 0 fully saturated rings. The van der Waals surface area contributed by atoms with Crippen LogP contribution in [0.5, 0.6) is 0 Å². The molecule has 1 heterocycles. The number of fused-ring (bicyclic) bond motifs is 1. The molecule has 0 bridgehead atoms. The van der Waals surface area contributed by atoms with E-state index in [9.17, 15) is 4.79 Å². The van der Waals surface area contributed by atoms with Gasteiger partial charge in [-0.25, -0.2) is 0 Å². The number of nitrogens with one attached hydrogen (secondary N) is 1. The summed E-state index contributed by atoms with van der Waals surface area (Å²) >= 11 is 0. The third kappa shape index (κ3) is 1.94. The van der Waals surface area contributed by atoms with Crippen LogP contribution in [0.4, 0.5) is 5.69 Å². The maximum Gasteiger partial charge on any atom is 0.164 e. The first-order valence-corrected chi connectivity index (χ1v) is 5.20. The highest BCUT2D eigenvalue weighted by atomic mass is 16.1. The van der Waals surface area contributed by atoms with Gasteiger partial charge in [0.05, 0.1) is 5.92 Å². The van der Waals surface area contributed by atoms with Crippen molar-refractivity contribution in [3.05, 3.63) is 41.5 Å². The van der Waals surface area contributed by atoms with E-state index in [0.29, 0.717) is 0 Å². The number of para-hydroxylation sites is 1. The van der Waals surface area contributed by atoms with Crippen LogP contribution in [0.25, 0.3) is 0 Å². The average Bonchev–Trinajstić information content (AvgIpc) is 2.59. The SMILES string of the molecule is CC(C)=CC(=O)C1CNc2ccccc21. The van der Waals surface area contributed by atoms with Crippen LogP contribution >= 0.6 is 0 Å². The highest BCUT2D eigenvalue weighted by Crippen LogP contribution is 2.31.